The van der Waals surface area contributed by atoms with Gasteiger partial charge in [0.1, 0.15) is 28.5 Å². The van der Waals surface area contributed by atoms with Gasteiger partial charge in [0.25, 0.3) is 0 Å². The van der Waals surface area contributed by atoms with E-state index in [1.54, 1.807) is 17.7 Å². The Morgan fingerprint density at radius 3 is 2.67 bits per heavy atom. The van der Waals surface area contributed by atoms with E-state index >= 15 is 0 Å². The molecule has 2 aromatic carbocycles. The van der Waals surface area contributed by atoms with E-state index in [9.17, 15) is 0 Å². The van der Waals surface area contributed by atoms with Gasteiger partial charge >= 0.3 is 0 Å². The van der Waals surface area contributed by atoms with Crippen molar-refractivity contribution in [2.45, 2.75) is 6.54 Å². The van der Waals surface area contributed by atoms with Crippen molar-refractivity contribution in [1.82, 2.24) is 9.97 Å². The minimum absolute atomic E-state index is 0.630. The molecule has 4 rings (SSSR count). The molecule has 0 aliphatic carbocycles. The van der Waals surface area contributed by atoms with Crippen LogP contribution in [0.15, 0.2) is 72.4 Å². The summed E-state index contributed by atoms with van der Waals surface area (Å²) < 4.78 is 6.00. The second kappa shape index (κ2) is 6.68. The van der Waals surface area contributed by atoms with E-state index in [4.69, 9.17) is 4.74 Å². The molecule has 0 aliphatic rings. The highest BCUT2D eigenvalue weighted by molar-refractivity contribution is 7.16. The summed E-state index contributed by atoms with van der Waals surface area (Å²) in [5.74, 6) is 2.51. The number of hydrogen-bond acceptors (Lipinski definition) is 5. The molecule has 0 aliphatic heterocycles. The molecule has 4 aromatic rings. The van der Waals surface area contributed by atoms with Gasteiger partial charge in [0.05, 0.1) is 5.39 Å². The number of benzene rings is 2. The third-order valence-electron chi connectivity index (χ3n) is 3.65. The highest BCUT2D eigenvalue weighted by atomic mass is 32.1. The molecule has 118 valence electrons. The monoisotopic (exact) mass is 333 g/mol. The number of fused-ring (bicyclic) bond motifs is 1. The van der Waals surface area contributed by atoms with Crippen LogP contribution in [0.5, 0.6) is 11.5 Å². The van der Waals surface area contributed by atoms with Gasteiger partial charge in [-0.1, -0.05) is 36.4 Å². The molecule has 0 unspecified atom stereocenters. The van der Waals surface area contributed by atoms with Crippen molar-refractivity contribution in [2.75, 3.05) is 5.32 Å². The van der Waals surface area contributed by atoms with Gasteiger partial charge in [-0.05, 0) is 29.6 Å². The van der Waals surface area contributed by atoms with E-state index in [1.165, 1.54) is 0 Å². The predicted octanol–water partition coefficient (Wildman–Crippen LogP) is 5.10. The standard InChI is InChI=1S/C19H15N3OS/c1-2-7-15(8-3-1)23-17-9-5-4-6-14(17)12-20-18-16-10-11-24-19(16)22-13-21-18/h1-11,13H,12H2,(H,20,21,22). The molecule has 24 heavy (non-hydrogen) atoms. The van der Waals surface area contributed by atoms with Crippen molar-refractivity contribution in [3.8, 4) is 11.5 Å². The number of nitrogens with zero attached hydrogens (tertiary/aromatic N) is 2. The fourth-order valence-electron chi connectivity index (χ4n) is 2.47. The number of rotatable bonds is 5. The van der Waals surface area contributed by atoms with Crippen molar-refractivity contribution >= 4 is 27.4 Å². The van der Waals surface area contributed by atoms with Crippen molar-refractivity contribution in [1.29, 1.82) is 0 Å². The summed E-state index contributed by atoms with van der Waals surface area (Å²) in [6.45, 7) is 0.630. The molecule has 0 spiro atoms. The van der Waals surface area contributed by atoms with Crippen LogP contribution in [0.1, 0.15) is 5.56 Å². The Morgan fingerprint density at radius 1 is 0.917 bits per heavy atom. The van der Waals surface area contributed by atoms with E-state index in [2.05, 4.69) is 21.4 Å². The zero-order chi connectivity index (χ0) is 16.2. The average Bonchev–Trinajstić information content (AvgIpc) is 3.11. The molecular weight excluding hydrogens is 318 g/mol. The zero-order valence-corrected chi connectivity index (χ0v) is 13.7. The summed E-state index contributed by atoms with van der Waals surface area (Å²) in [6.07, 6.45) is 1.59. The number of nitrogens with one attached hydrogen (secondary N) is 1. The molecule has 2 aromatic heterocycles. The van der Waals surface area contributed by atoms with E-state index in [1.807, 2.05) is 60.0 Å². The Kier molecular flexibility index (Phi) is 4.08. The van der Waals surface area contributed by atoms with Crippen LogP contribution in [0.2, 0.25) is 0 Å². The maximum Gasteiger partial charge on any atom is 0.138 e. The van der Waals surface area contributed by atoms with Crippen molar-refractivity contribution in [3.63, 3.8) is 0 Å². The quantitative estimate of drug-likeness (QED) is 0.552. The van der Waals surface area contributed by atoms with Gasteiger partial charge in [0.15, 0.2) is 0 Å². The highest BCUT2D eigenvalue weighted by Crippen LogP contribution is 2.27. The number of aromatic nitrogens is 2. The van der Waals surface area contributed by atoms with Gasteiger partial charge < -0.3 is 10.1 Å². The lowest BCUT2D eigenvalue weighted by Crippen LogP contribution is -2.03. The zero-order valence-electron chi connectivity index (χ0n) is 12.8. The largest absolute Gasteiger partial charge is 0.457 e. The fourth-order valence-corrected chi connectivity index (χ4v) is 3.21. The number of ether oxygens (including phenoxy) is 1. The van der Waals surface area contributed by atoms with Gasteiger partial charge in [-0.15, -0.1) is 11.3 Å². The molecule has 1 N–H and O–H groups in total. The molecule has 4 nitrogen and oxygen atoms in total. The van der Waals surface area contributed by atoms with Crippen LogP contribution in [0, 0.1) is 0 Å². The lowest BCUT2D eigenvalue weighted by atomic mass is 10.2. The van der Waals surface area contributed by atoms with Gasteiger partial charge in [0, 0.05) is 12.1 Å². The van der Waals surface area contributed by atoms with Crippen LogP contribution in [-0.2, 0) is 6.54 Å². The van der Waals surface area contributed by atoms with Crippen molar-refractivity contribution in [3.05, 3.63) is 77.9 Å². The highest BCUT2D eigenvalue weighted by Gasteiger charge is 2.07. The molecule has 0 amide bonds. The number of anilines is 1. The third kappa shape index (κ3) is 3.07. The summed E-state index contributed by atoms with van der Waals surface area (Å²) in [6, 6.07) is 19.8. The van der Waals surface area contributed by atoms with Crippen LogP contribution < -0.4 is 10.1 Å². The predicted molar refractivity (Wildman–Crippen MR) is 97.7 cm³/mol. The van der Waals surface area contributed by atoms with E-state index in [0.29, 0.717) is 6.54 Å². The molecule has 0 atom stereocenters. The maximum atomic E-state index is 6.00. The Balaban J connectivity index is 1.56. The molecule has 0 saturated carbocycles. The first kappa shape index (κ1) is 14.7. The van der Waals surface area contributed by atoms with Gasteiger partial charge in [-0.3, -0.25) is 0 Å². The topological polar surface area (TPSA) is 47.0 Å². The van der Waals surface area contributed by atoms with Gasteiger partial charge in [-0.25, -0.2) is 9.97 Å². The second-order valence-corrected chi connectivity index (χ2v) is 6.13. The fraction of sp³-hybridized carbons (Fsp3) is 0.0526. The second-order valence-electron chi connectivity index (χ2n) is 5.24. The summed E-state index contributed by atoms with van der Waals surface area (Å²) in [5, 5.41) is 6.46. The summed E-state index contributed by atoms with van der Waals surface area (Å²) in [7, 11) is 0. The molecule has 0 bridgehead atoms. The smallest absolute Gasteiger partial charge is 0.138 e. The van der Waals surface area contributed by atoms with Crippen LogP contribution >= 0.6 is 11.3 Å². The molecule has 5 heteroatoms. The van der Waals surface area contributed by atoms with E-state index in [-0.39, 0.29) is 0 Å². The summed E-state index contributed by atoms with van der Waals surface area (Å²) >= 11 is 1.61. The Labute approximate surface area is 143 Å². The Morgan fingerprint density at radius 2 is 1.75 bits per heavy atom. The van der Waals surface area contributed by atoms with Crippen LogP contribution in [0.25, 0.3) is 10.2 Å². The molecule has 2 heterocycles. The van der Waals surface area contributed by atoms with E-state index in [0.717, 1.165) is 33.1 Å². The first-order chi connectivity index (χ1) is 11.9. The number of thiophene rings is 1. The first-order valence-corrected chi connectivity index (χ1v) is 8.51. The van der Waals surface area contributed by atoms with Crippen LogP contribution in [-0.4, -0.2) is 9.97 Å². The van der Waals surface area contributed by atoms with E-state index < -0.39 is 0 Å². The normalized spacial score (nSPS) is 10.7. The summed E-state index contributed by atoms with van der Waals surface area (Å²) in [5.41, 5.74) is 1.07. The lowest BCUT2D eigenvalue weighted by molar-refractivity contribution is 0.477. The van der Waals surface area contributed by atoms with Crippen LogP contribution in [0.3, 0.4) is 0 Å². The Hall–Kier alpha value is -2.92. The average molecular weight is 333 g/mol. The van der Waals surface area contributed by atoms with Crippen molar-refractivity contribution in [2.24, 2.45) is 0 Å². The number of hydrogen-bond donors (Lipinski definition) is 1. The summed E-state index contributed by atoms with van der Waals surface area (Å²) in [4.78, 5) is 9.61. The Bertz CT molecular complexity index is 953. The van der Waals surface area contributed by atoms with Crippen molar-refractivity contribution < 1.29 is 4.74 Å². The molecule has 0 radical (unpaired) electrons. The van der Waals surface area contributed by atoms with Crippen LogP contribution in [0.4, 0.5) is 5.82 Å². The van der Waals surface area contributed by atoms with Gasteiger partial charge in [0.2, 0.25) is 0 Å². The SMILES string of the molecule is c1ccc(Oc2ccccc2CNc2ncnc3sccc23)cc1. The molecule has 0 saturated heterocycles. The first-order valence-electron chi connectivity index (χ1n) is 7.63. The maximum absolute atomic E-state index is 6.00. The minimum Gasteiger partial charge on any atom is -0.457 e. The minimum atomic E-state index is 0.630. The van der Waals surface area contributed by atoms with Gasteiger partial charge in [-0.2, -0.15) is 0 Å². The molecule has 0 fully saturated rings. The lowest BCUT2D eigenvalue weighted by Gasteiger charge is -2.12. The number of para-hydroxylation sites is 2. The molecular formula is C19H15N3OS. The third-order valence-corrected chi connectivity index (χ3v) is 4.47.